The molecule has 0 unspecified atom stereocenters. The highest BCUT2D eigenvalue weighted by Gasteiger charge is 2.30. The van der Waals surface area contributed by atoms with Gasteiger partial charge >= 0.3 is 0 Å². The molecule has 0 bridgehead atoms. The fourth-order valence-electron chi connectivity index (χ4n) is 2.79. The van der Waals surface area contributed by atoms with Crippen LogP contribution in [-0.4, -0.2) is 9.55 Å². The van der Waals surface area contributed by atoms with Gasteiger partial charge in [-0.2, -0.15) is 0 Å². The van der Waals surface area contributed by atoms with Crippen molar-refractivity contribution in [2.45, 2.75) is 32.2 Å². The summed E-state index contributed by atoms with van der Waals surface area (Å²) in [6, 6.07) is 8.59. The molecule has 0 spiro atoms. The largest absolute Gasteiger partial charge is 0.390 e. The molecular weight excluding hydrogens is 302 g/mol. The minimum absolute atomic E-state index is 0.509. The van der Waals surface area contributed by atoms with Crippen LogP contribution in [0.25, 0.3) is 22.4 Å². The first-order valence-corrected chi connectivity index (χ1v) is 8.43. The first-order chi connectivity index (χ1) is 10.2. The fourth-order valence-corrected chi connectivity index (χ4v) is 3.92. The maximum Gasteiger partial charge on any atom is 0.144 e. The van der Waals surface area contributed by atoms with Crippen LogP contribution < -0.4 is 5.73 Å². The third-order valence-electron chi connectivity index (χ3n) is 3.97. The first kappa shape index (κ1) is 13.2. The van der Waals surface area contributed by atoms with Gasteiger partial charge in [-0.05, 0) is 37.5 Å². The van der Waals surface area contributed by atoms with E-state index in [9.17, 15) is 0 Å². The first-order valence-electron chi connectivity index (χ1n) is 7.24. The SMILES string of the molecule is CCc1cc(-c2nc3cccc(Cl)c3n2C2CC2)c(N)s1. The second kappa shape index (κ2) is 4.75. The second-order valence-corrected chi connectivity index (χ2v) is 7.06. The summed E-state index contributed by atoms with van der Waals surface area (Å²) < 4.78 is 2.29. The van der Waals surface area contributed by atoms with Crippen LogP contribution in [0.4, 0.5) is 5.00 Å². The van der Waals surface area contributed by atoms with Crippen molar-refractivity contribution >= 4 is 39.0 Å². The molecule has 1 fully saturated rings. The van der Waals surface area contributed by atoms with Crippen LogP contribution in [0.3, 0.4) is 0 Å². The number of nitrogens with zero attached hydrogens (tertiary/aromatic N) is 2. The van der Waals surface area contributed by atoms with E-state index >= 15 is 0 Å². The Labute approximate surface area is 132 Å². The van der Waals surface area contributed by atoms with Gasteiger partial charge in [0, 0.05) is 10.9 Å². The Balaban J connectivity index is 2.01. The van der Waals surface area contributed by atoms with Gasteiger partial charge in [0.05, 0.1) is 26.6 Å². The van der Waals surface area contributed by atoms with E-state index in [4.69, 9.17) is 22.3 Å². The molecule has 2 aromatic heterocycles. The molecule has 3 nitrogen and oxygen atoms in total. The zero-order chi connectivity index (χ0) is 14.6. The van der Waals surface area contributed by atoms with E-state index in [0.29, 0.717) is 6.04 Å². The van der Waals surface area contributed by atoms with Crippen molar-refractivity contribution in [2.75, 3.05) is 5.73 Å². The number of fused-ring (bicyclic) bond motifs is 1. The molecule has 4 rings (SSSR count). The molecule has 1 saturated carbocycles. The summed E-state index contributed by atoms with van der Waals surface area (Å²) in [5.74, 6) is 0.967. The maximum absolute atomic E-state index is 6.42. The molecule has 108 valence electrons. The Morgan fingerprint density at radius 3 is 2.90 bits per heavy atom. The number of imidazole rings is 1. The smallest absolute Gasteiger partial charge is 0.144 e. The Morgan fingerprint density at radius 2 is 2.24 bits per heavy atom. The van der Waals surface area contributed by atoms with E-state index in [-0.39, 0.29) is 0 Å². The third-order valence-corrected chi connectivity index (χ3v) is 5.39. The van der Waals surface area contributed by atoms with Crippen molar-refractivity contribution in [3.63, 3.8) is 0 Å². The average Bonchev–Trinajstić information content (AvgIpc) is 3.13. The number of halogens is 1. The molecule has 2 heterocycles. The van der Waals surface area contributed by atoms with E-state index in [2.05, 4.69) is 17.6 Å². The van der Waals surface area contributed by atoms with Gasteiger partial charge in [-0.25, -0.2) is 4.98 Å². The summed E-state index contributed by atoms with van der Waals surface area (Å²) in [7, 11) is 0. The summed E-state index contributed by atoms with van der Waals surface area (Å²) >= 11 is 8.07. The molecule has 5 heteroatoms. The maximum atomic E-state index is 6.42. The highest BCUT2D eigenvalue weighted by atomic mass is 35.5. The van der Waals surface area contributed by atoms with Gasteiger partial charge in [0.15, 0.2) is 0 Å². The summed E-state index contributed by atoms with van der Waals surface area (Å²) in [5.41, 5.74) is 9.28. The Kier molecular flexibility index (Phi) is 2.98. The molecule has 3 aromatic rings. The number of nitrogens with two attached hydrogens (primary N) is 1. The van der Waals surface area contributed by atoms with E-state index in [1.807, 2.05) is 18.2 Å². The number of anilines is 1. The molecule has 0 amide bonds. The van der Waals surface area contributed by atoms with E-state index < -0.39 is 0 Å². The fraction of sp³-hybridized carbons (Fsp3) is 0.312. The van der Waals surface area contributed by atoms with Gasteiger partial charge in [-0.1, -0.05) is 24.6 Å². The predicted molar refractivity (Wildman–Crippen MR) is 90.1 cm³/mol. The standard InChI is InChI=1S/C16H16ClN3S/c1-2-10-8-11(15(18)21-10)16-19-13-5-3-4-12(17)14(13)20(16)9-6-7-9/h3-5,8-9H,2,6-7,18H2,1H3. The van der Waals surface area contributed by atoms with E-state index in [1.54, 1.807) is 11.3 Å². The highest BCUT2D eigenvalue weighted by Crippen LogP contribution is 2.45. The van der Waals surface area contributed by atoms with Crippen LogP contribution in [0.2, 0.25) is 5.02 Å². The lowest BCUT2D eigenvalue weighted by molar-refractivity contribution is 0.776. The van der Waals surface area contributed by atoms with E-state index in [1.165, 1.54) is 17.7 Å². The Bertz CT molecular complexity index is 830. The van der Waals surface area contributed by atoms with Gasteiger partial charge < -0.3 is 10.3 Å². The second-order valence-electron chi connectivity index (χ2n) is 5.49. The number of rotatable bonds is 3. The molecule has 1 aliphatic rings. The summed E-state index contributed by atoms with van der Waals surface area (Å²) in [6.45, 7) is 2.15. The quantitative estimate of drug-likeness (QED) is 0.746. The van der Waals surface area contributed by atoms with Gasteiger partial charge in [0.25, 0.3) is 0 Å². The zero-order valence-electron chi connectivity index (χ0n) is 11.8. The number of benzene rings is 1. The summed E-state index contributed by atoms with van der Waals surface area (Å²) in [5, 5.41) is 1.61. The monoisotopic (exact) mass is 317 g/mol. The molecule has 0 saturated heterocycles. The van der Waals surface area contributed by atoms with E-state index in [0.717, 1.165) is 38.9 Å². The zero-order valence-corrected chi connectivity index (χ0v) is 13.3. The van der Waals surface area contributed by atoms with Crippen LogP contribution >= 0.6 is 22.9 Å². The predicted octanol–water partition coefficient (Wildman–Crippen LogP) is 4.90. The molecule has 0 radical (unpaired) electrons. The molecular formula is C16H16ClN3S. The number of nitrogen functional groups attached to an aromatic ring is 1. The molecule has 2 N–H and O–H groups in total. The molecule has 1 aliphatic carbocycles. The van der Waals surface area contributed by atoms with Gasteiger partial charge in [-0.3, -0.25) is 0 Å². The minimum Gasteiger partial charge on any atom is -0.390 e. The van der Waals surface area contributed by atoms with Gasteiger partial charge in [-0.15, -0.1) is 11.3 Å². The Morgan fingerprint density at radius 1 is 1.43 bits per heavy atom. The van der Waals surface area contributed by atoms with Crippen molar-refractivity contribution in [3.8, 4) is 11.4 Å². The third kappa shape index (κ3) is 2.05. The van der Waals surface area contributed by atoms with Crippen molar-refractivity contribution in [2.24, 2.45) is 0 Å². The molecule has 0 atom stereocenters. The molecule has 1 aromatic carbocycles. The van der Waals surface area contributed by atoms with Gasteiger partial charge in [0.1, 0.15) is 5.82 Å². The molecule has 21 heavy (non-hydrogen) atoms. The number of aryl methyl sites for hydroxylation is 1. The minimum atomic E-state index is 0.509. The molecule has 0 aliphatic heterocycles. The van der Waals surface area contributed by atoms with Crippen LogP contribution in [0.1, 0.15) is 30.7 Å². The summed E-state index contributed by atoms with van der Waals surface area (Å²) in [6.07, 6.45) is 3.38. The van der Waals surface area contributed by atoms with Crippen LogP contribution in [0.15, 0.2) is 24.3 Å². The number of hydrogen-bond acceptors (Lipinski definition) is 3. The van der Waals surface area contributed by atoms with Crippen molar-refractivity contribution in [1.82, 2.24) is 9.55 Å². The van der Waals surface area contributed by atoms with Crippen molar-refractivity contribution in [1.29, 1.82) is 0 Å². The number of aromatic nitrogens is 2. The number of para-hydroxylation sites is 1. The highest BCUT2D eigenvalue weighted by molar-refractivity contribution is 7.16. The van der Waals surface area contributed by atoms with Gasteiger partial charge in [0.2, 0.25) is 0 Å². The topological polar surface area (TPSA) is 43.8 Å². The summed E-state index contributed by atoms with van der Waals surface area (Å²) in [4.78, 5) is 6.11. The number of thiophene rings is 1. The average molecular weight is 318 g/mol. The number of hydrogen-bond donors (Lipinski definition) is 1. The normalized spacial score (nSPS) is 15.0. The lowest BCUT2D eigenvalue weighted by atomic mass is 10.2. The van der Waals surface area contributed by atoms with Crippen LogP contribution in [0, 0.1) is 0 Å². The lowest BCUT2D eigenvalue weighted by Crippen LogP contribution is -1.98. The van der Waals surface area contributed by atoms with Crippen LogP contribution in [-0.2, 0) is 6.42 Å². The van der Waals surface area contributed by atoms with Crippen molar-refractivity contribution < 1.29 is 0 Å². The van der Waals surface area contributed by atoms with Crippen LogP contribution in [0.5, 0.6) is 0 Å². The van der Waals surface area contributed by atoms with Crippen molar-refractivity contribution in [3.05, 3.63) is 34.2 Å². The Hall–Kier alpha value is -1.52. The lowest BCUT2D eigenvalue weighted by Gasteiger charge is -2.08.